The van der Waals surface area contributed by atoms with Gasteiger partial charge >= 0.3 is 0 Å². The van der Waals surface area contributed by atoms with Gasteiger partial charge in [-0.2, -0.15) is 0 Å². The Bertz CT molecular complexity index is 986. The molecule has 0 bridgehead atoms. The van der Waals surface area contributed by atoms with E-state index in [1.165, 1.54) is 10.5 Å². The third kappa shape index (κ3) is 5.80. The predicted molar refractivity (Wildman–Crippen MR) is 123 cm³/mol. The molecular weight excluding hydrogens is 394 g/mol. The normalized spacial score (nSPS) is 10.5. The van der Waals surface area contributed by atoms with E-state index in [0.717, 1.165) is 28.4 Å². The summed E-state index contributed by atoms with van der Waals surface area (Å²) in [5.74, 6) is 2.19. The summed E-state index contributed by atoms with van der Waals surface area (Å²) in [5, 5.41) is 2.98. The van der Waals surface area contributed by atoms with E-state index in [1.807, 2.05) is 49.4 Å². The maximum atomic E-state index is 12.8. The molecule has 1 amide bonds. The number of rotatable bonds is 9. The Kier molecular flexibility index (Phi) is 7.80. The Hall–Kier alpha value is -2.92. The number of benzene rings is 3. The van der Waals surface area contributed by atoms with Crippen LogP contribution in [0.25, 0.3) is 0 Å². The molecule has 4 nitrogen and oxygen atoms in total. The van der Waals surface area contributed by atoms with Crippen molar-refractivity contribution in [3.8, 4) is 11.5 Å². The van der Waals surface area contributed by atoms with Crippen LogP contribution in [-0.2, 0) is 12.3 Å². The van der Waals surface area contributed by atoms with Crippen LogP contribution >= 0.6 is 11.8 Å². The lowest BCUT2D eigenvalue weighted by Crippen LogP contribution is -2.23. The smallest absolute Gasteiger partial charge is 0.251 e. The standard InChI is InChI=1S/C25H27NO3S/c1-4-29-24-14-11-19(15-21(24)17-30-22-12-9-18(2)10-13-22)25(27)26-16-20-7-5-6-8-23(20)28-3/h5-15H,4,16-17H2,1-3H3,(H,26,27). The van der Waals surface area contributed by atoms with Gasteiger partial charge in [0, 0.05) is 33.9 Å². The van der Waals surface area contributed by atoms with Gasteiger partial charge in [-0.05, 0) is 50.2 Å². The number of aryl methyl sites for hydroxylation is 1. The van der Waals surface area contributed by atoms with Crippen LogP contribution in [0.3, 0.4) is 0 Å². The number of thioether (sulfide) groups is 1. The fraction of sp³-hybridized carbons (Fsp3) is 0.240. The third-order valence-electron chi connectivity index (χ3n) is 4.67. The predicted octanol–water partition coefficient (Wildman–Crippen LogP) is 5.62. The van der Waals surface area contributed by atoms with Crippen LogP contribution in [0.5, 0.6) is 11.5 Å². The maximum absolute atomic E-state index is 12.8. The summed E-state index contributed by atoms with van der Waals surface area (Å²) < 4.78 is 11.1. The fourth-order valence-electron chi connectivity index (χ4n) is 3.05. The SMILES string of the molecule is CCOc1ccc(C(=O)NCc2ccccc2OC)cc1CSc1ccc(C)cc1. The first-order chi connectivity index (χ1) is 14.6. The van der Waals surface area contributed by atoms with Crippen molar-refractivity contribution < 1.29 is 14.3 Å². The molecule has 3 aromatic carbocycles. The van der Waals surface area contributed by atoms with Crippen LogP contribution in [0.1, 0.15) is 34.0 Å². The van der Waals surface area contributed by atoms with Crippen molar-refractivity contribution in [2.24, 2.45) is 0 Å². The summed E-state index contributed by atoms with van der Waals surface area (Å²) in [6.45, 7) is 5.03. The molecule has 3 rings (SSSR count). The number of hydrogen-bond donors (Lipinski definition) is 1. The van der Waals surface area contributed by atoms with Gasteiger partial charge < -0.3 is 14.8 Å². The minimum absolute atomic E-state index is 0.120. The minimum atomic E-state index is -0.120. The quantitative estimate of drug-likeness (QED) is 0.455. The van der Waals surface area contributed by atoms with Crippen molar-refractivity contribution in [2.75, 3.05) is 13.7 Å². The summed E-state index contributed by atoms with van der Waals surface area (Å²) >= 11 is 1.73. The first-order valence-electron chi connectivity index (χ1n) is 9.96. The second kappa shape index (κ2) is 10.7. The van der Waals surface area contributed by atoms with Gasteiger partial charge in [-0.1, -0.05) is 35.9 Å². The fourth-order valence-corrected chi connectivity index (χ4v) is 3.93. The average molecular weight is 422 g/mol. The van der Waals surface area contributed by atoms with Crippen LogP contribution in [-0.4, -0.2) is 19.6 Å². The Labute approximate surface area is 182 Å². The second-order valence-corrected chi connectivity index (χ2v) is 7.90. The van der Waals surface area contributed by atoms with Gasteiger partial charge in [0.05, 0.1) is 13.7 Å². The van der Waals surface area contributed by atoms with Crippen LogP contribution in [0.4, 0.5) is 0 Å². The highest BCUT2D eigenvalue weighted by atomic mass is 32.2. The summed E-state index contributed by atoms with van der Waals surface area (Å²) in [4.78, 5) is 13.9. The molecule has 0 saturated carbocycles. The van der Waals surface area contributed by atoms with Crippen molar-refractivity contribution >= 4 is 17.7 Å². The lowest BCUT2D eigenvalue weighted by Gasteiger charge is -2.13. The molecule has 0 saturated heterocycles. The number of nitrogens with one attached hydrogen (secondary N) is 1. The van der Waals surface area contributed by atoms with Gasteiger partial charge in [0.2, 0.25) is 0 Å². The van der Waals surface area contributed by atoms with E-state index in [0.29, 0.717) is 18.7 Å². The largest absolute Gasteiger partial charge is 0.496 e. The van der Waals surface area contributed by atoms with Crippen molar-refractivity contribution in [1.82, 2.24) is 5.32 Å². The highest BCUT2D eigenvalue weighted by molar-refractivity contribution is 7.98. The highest BCUT2D eigenvalue weighted by Gasteiger charge is 2.12. The maximum Gasteiger partial charge on any atom is 0.251 e. The first-order valence-corrected chi connectivity index (χ1v) is 10.9. The van der Waals surface area contributed by atoms with Crippen molar-refractivity contribution in [1.29, 1.82) is 0 Å². The third-order valence-corrected chi connectivity index (χ3v) is 5.73. The molecule has 0 spiro atoms. The number of carbonyl (C=O) groups is 1. The number of ether oxygens (including phenoxy) is 2. The van der Waals surface area contributed by atoms with E-state index < -0.39 is 0 Å². The zero-order valence-electron chi connectivity index (χ0n) is 17.6. The highest BCUT2D eigenvalue weighted by Crippen LogP contribution is 2.29. The van der Waals surface area contributed by atoms with E-state index in [2.05, 4.69) is 36.5 Å². The van der Waals surface area contributed by atoms with E-state index in [-0.39, 0.29) is 5.91 Å². The molecule has 156 valence electrons. The topological polar surface area (TPSA) is 47.6 Å². The van der Waals surface area contributed by atoms with E-state index in [4.69, 9.17) is 9.47 Å². The minimum Gasteiger partial charge on any atom is -0.496 e. The molecule has 0 aliphatic carbocycles. The molecule has 0 unspecified atom stereocenters. The van der Waals surface area contributed by atoms with E-state index in [9.17, 15) is 4.79 Å². The number of hydrogen-bond acceptors (Lipinski definition) is 4. The molecule has 0 aromatic heterocycles. The average Bonchev–Trinajstić information content (AvgIpc) is 2.78. The zero-order valence-corrected chi connectivity index (χ0v) is 18.4. The molecule has 0 heterocycles. The summed E-state index contributed by atoms with van der Waals surface area (Å²) in [5.41, 5.74) is 3.80. The summed E-state index contributed by atoms with van der Waals surface area (Å²) in [7, 11) is 1.63. The molecule has 0 aliphatic heterocycles. The van der Waals surface area contributed by atoms with Gasteiger partial charge in [-0.3, -0.25) is 4.79 Å². The van der Waals surface area contributed by atoms with E-state index >= 15 is 0 Å². The molecule has 0 fully saturated rings. The molecule has 3 aromatic rings. The lowest BCUT2D eigenvalue weighted by molar-refractivity contribution is 0.0950. The van der Waals surface area contributed by atoms with Crippen LogP contribution < -0.4 is 14.8 Å². The van der Waals surface area contributed by atoms with E-state index in [1.54, 1.807) is 18.9 Å². The zero-order chi connectivity index (χ0) is 21.3. The van der Waals surface area contributed by atoms with Gasteiger partial charge in [-0.15, -0.1) is 11.8 Å². The number of methoxy groups -OCH3 is 1. The molecule has 5 heteroatoms. The molecule has 0 atom stereocenters. The van der Waals surface area contributed by atoms with Crippen LogP contribution in [0.15, 0.2) is 71.6 Å². The Morgan fingerprint density at radius 2 is 1.73 bits per heavy atom. The molecule has 0 radical (unpaired) electrons. The second-order valence-electron chi connectivity index (χ2n) is 6.85. The monoisotopic (exact) mass is 421 g/mol. The van der Waals surface area contributed by atoms with Crippen LogP contribution in [0, 0.1) is 6.92 Å². The van der Waals surface area contributed by atoms with Crippen molar-refractivity contribution in [2.45, 2.75) is 31.0 Å². The lowest BCUT2D eigenvalue weighted by atomic mass is 10.1. The first kappa shape index (κ1) is 21.8. The Morgan fingerprint density at radius 3 is 2.47 bits per heavy atom. The molecule has 0 aliphatic rings. The van der Waals surface area contributed by atoms with Gasteiger partial charge in [-0.25, -0.2) is 0 Å². The molecular formula is C25H27NO3S. The molecule has 1 N–H and O–H groups in total. The van der Waals surface area contributed by atoms with Gasteiger partial charge in [0.25, 0.3) is 5.91 Å². The number of carbonyl (C=O) groups excluding carboxylic acids is 1. The van der Waals surface area contributed by atoms with Crippen molar-refractivity contribution in [3.05, 3.63) is 89.0 Å². The van der Waals surface area contributed by atoms with Gasteiger partial charge in [0.15, 0.2) is 0 Å². The van der Waals surface area contributed by atoms with Gasteiger partial charge in [0.1, 0.15) is 11.5 Å². The molecule has 30 heavy (non-hydrogen) atoms. The summed E-state index contributed by atoms with van der Waals surface area (Å²) in [6, 6.07) is 21.7. The van der Waals surface area contributed by atoms with Crippen LogP contribution in [0.2, 0.25) is 0 Å². The number of para-hydroxylation sites is 1. The Balaban J connectivity index is 1.71. The Morgan fingerprint density at radius 1 is 0.967 bits per heavy atom. The van der Waals surface area contributed by atoms with Crippen molar-refractivity contribution in [3.63, 3.8) is 0 Å². The number of amides is 1. The summed E-state index contributed by atoms with van der Waals surface area (Å²) in [6.07, 6.45) is 0.